The lowest BCUT2D eigenvalue weighted by molar-refractivity contribution is -0.385. The highest BCUT2D eigenvalue weighted by molar-refractivity contribution is 8.00. The molecular weight excluding hydrogens is 568 g/mol. The van der Waals surface area contributed by atoms with Gasteiger partial charge in [-0.15, -0.1) is 21.5 Å². The minimum Gasteiger partial charge on any atom is -0.462 e. The van der Waals surface area contributed by atoms with Crippen LogP contribution in [0.15, 0.2) is 23.4 Å². The zero-order valence-electron chi connectivity index (χ0n) is 23.3. The molecule has 0 saturated heterocycles. The lowest BCUT2D eigenvalue weighted by Crippen LogP contribution is -2.25. The molecule has 1 aliphatic carbocycles. The number of nitro groups is 1. The van der Waals surface area contributed by atoms with Crippen LogP contribution in [0.3, 0.4) is 0 Å². The number of thioether (sulfide) groups is 1. The number of esters is 1. The fourth-order valence-corrected chi connectivity index (χ4v) is 6.60. The number of rotatable bonds is 10. The third kappa shape index (κ3) is 6.93. The van der Waals surface area contributed by atoms with Gasteiger partial charge in [0.25, 0.3) is 11.6 Å². The average molecular weight is 601 g/mol. The molecule has 0 fully saturated rings. The van der Waals surface area contributed by atoms with Gasteiger partial charge in [-0.25, -0.2) is 4.79 Å². The molecule has 12 nitrogen and oxygen atoms in total. The number of nitrogens with zero attached hydrogens (tertiary/aromatic N) is 4. The van der Waals surface area contributed by atoms with E-state index in [1.165, 1.54) is 41.3 Å². The van der Waals surface area contributed by atoms with Gasteiger partial charge in [-0.2, -0.15) is 0 Å². The summed E-state index contributed by atoms with van der Waals surface area (Å²) in [5.41, 5.74) is 1.95. The monoisotopic (exact) mass is 600 g/mol. The van der Waals surface area contributed by atoms with Crippen molar-refractivity contribution in [2.45, 2.75) is 69.8 Å². The maximum absolute atomic E-state index is 13.2. The third-order valence-corrected chi connectivity index (χ3v) is 9.13. The van der Waals surface area contributed by atoms with Crippen molar-refractivity contribution in [3.05, 3.63) is 61.3 Å². The van der Waals surface area contributed by atoms with Gasteiger partial charge < -0.3 is 19.9 Å². The van der Waals surface area contributed by atoms with Crippen molar-refractivity contribution in [3.8, 4) is 0 Å². The first-order valence-corrected chi connectivity index (χ1v) is 15.0. The summed E-state index contributed by atoms with van der Waals surface area (Å²) < 4.78 is 6.98. The Bertz CT molecular complexity index is 1480. The number of thiophene rings is 1. The van der Waals surface area contributed by atoms with Crippen LogP contribution < -0.4 is 10.6 Å². The molecule has 0 aliphatic heterocycles. The van der Waals surface area contributed by atoms with E-state index in [0.717, 1.165) is 42.5 Å². The van der Waals surface area contributed by atoms with Crippen LogP contribution >= 0.6 is 23.1 Å². The van der Waals surface area contributed by atoms with Crippen molar-refractivity contribution in [1.82, 2.24) is 20.1 Å². The summed E-state index contributed by atoms with van der Waals surface area (Å²) in [7, 11) is 1.72. The van der Waals surface area contributed by atoms with Crippen LogP contribution in [0.1, 0.15) is 75.7 Å². The number of ether oxygens (including phenoxy) is 1. The second-order valence-electron chi connectivity index (χ2n) is 9.64. The molecule has 1 aliphatic rings. The fraction of sp³-hybridized carbons (Fsp3) is 0.444. The van der Waals surface area contributed by atoms with Crippen LogP contribution in [0.4, 0.5) is 10.7 Å². The first kappa shape index (κ1) is 30.2. The predicted octanol–water partition coefficient (Wildman–Crippen LogP) is 4.59. The molecule has 3 aromatic rings. The van der Waals surface area contributed by atoms with Gasteiger partial charge in [0.15, 0.2) is 11.0 Å². The molecule has 2 N–H and O–H groups in total. The maximum Gasteiger partial charge on any atom is 0.341 e. The molecule has 0 bridgehead atoms. The number of amides is 2. The number of nitrogens with one attached hydrogen (secondary N) is 2. The SMILES string of the molecule is CCOC(=O)c1c(NC(=O)[C@@H](C)Sc2nnc(CNC(=O)c3ccc(C)c([N+](=O)[O-])c3)n2C)sc2c1CCCCC2. The highest BCUT2D eigenvalue weighted by Crippen LogP contribution is 2.38. The minimum absolute atomic E-state index is 0.0365. The predicted molar refractivity (Wildman–Crippen MR) is 155 cm³/mol. The van der Waals surface area contributed by atoms with E-state index < -0.39 is 22.0 Å². The number of carbonyl (C=O) groups is 3. The summed E-state index contributed by atoms with van der Waals surface area (Å²) in [5.74, 6) is -0.732. The number of hydrogen-bond donors (Lipinski definition) is 2. The van der Waals surface area contributed by atoms with Crippen LogP contribution in [-0.4, -0.2) is 49.3 Å². The van der Waals surface area contributed by atoms with Crippen molar-refractivity contribution in [2.75, 3.05) is 11.9 Å². The molecule has 0 saturated carbocycles. The van der Waals surface area contributed by atoms with Crippen molar-refractivity contribution in [2.24, 2.45) is 7.05 Å². The smallest absolute Gasteiger partial charge is 0.341 e. The second-order valence-corrected chi connectivity index (χ2v) is 12.1. The summed E-state index contributed by atoms with van der Waals surface area (Å²) in [6, 6.07) is 4.29. The number of benzene rings is 1. The topological polar surface area (TPSA) is 158 Å². The molecule has 0 spiro atoms. The molecule has 4 rings (SSSR count). The average Bonchev–Trinajstić information content (AvgIpc) is 3.36. The van der Waals surface area contributed by atoms with E-state index in [9.17, 15) is 24.5 Å². The molecule has 2 heterocycles. The lowest BCUT2D eigenvalue weighted by Gasteiger charge is -2.12. The van der Waals surface area contributed by atoms with Gasteiger partial charge in [-0.3, -0.25) is 19.7 Å². The Kier molecular flexibility index (Phi) is 9.76. The zero-order chi connectivity index (χ0) is 29.7. The van der Waals surface area contributed by atoms with Gasteiger partial charge in [-0.1, -0.05) is 24.2 Å². The quantitative estimate of drug-likeness (QED) is 0.112. The Morgan fingerprint density at radius 2 is 1.98 bits per heavy atom. The van der Waals surface area contributed by atoms with Crippen molar-refractivity contribution < 1.29 is 24.0 Å². The number of hydrogen-bond acceptors (Lipinski definition) is 10. The van der Waals surface area contributed by atoms with Crippen molar-refractivity contribution >= 4 is 51.6 Å². The van der Waals surface area contributed by atoms with Gasteiger partial charge in [0, 0.05) is 29.1 Å². The minimum atomic E-state index is -0.564. The number of aryl methyl sites for hydroxylation is 2. The van der Waals surface area contributed by atoms with E-state index in [4.69, 9.17) is 4.74 Å². The van der Waals surface area contributed by atoms with Crippen LogP contribution in [0.25, 0.3) is 0 Å². The molecule has 218 valence electrons. The van der Waals surface area contributed by atoms with E-state index in [0.29, 0.717) is 27.1 Å². The largest absolute Gasteiger partial charge is 0.462 e. The normalized spacial score (nSPS) is 13.6. The molecule has 41 heavy (non-hydrogen) atoms. The number of fused-ring (bicyclic) bond motifs is 1. The van der Waals surface area contributed by atoms with Crippen LogP contribution in [0.5, 0.6) is 0 Å². The number of aromatic nitrogens is 3. The highest BCUT2D eigenvalue weighted by atomic mass is 32.2. The second kappa shape index (κ2) is 13.3. The van der Waals surface area contributed by atoms with Crippen molar-refractivity contribution in [3.63, 3.8) is 0 Å². The highest BCUT2D eigenvalue weighted by Gasteiger charge is 2.28. The maximum atomic E-state index is 13.2. The number of carbonyl (C=O) groups excluding carboxylic acids is 3. The van der Waals surface area contributed by atoms with E-state index >= 15 is 0 Å². The van der Waals surface area contributed by atoms with Gasteiger partial charge in [0.1, 0.15) is 5.00 Å². The first-order chi connectivity index (χ1) is 19.6. The summed E-state index contributed by atoms with van der Waals surface area (Å²) in [5, 5.41) is 25.6. The van der Waals surface area contributed by atoms with E-state index in [-0.39, 0.29) is 30.3 Å². The zero-order valence-corrected chi connectivity index (χ0v) is 24.9. The van der Waals surface area contributed by atoms with Crippen LogP contribution in [0.2, 0.25) is 0 Å². The van der Waals surface area contributed by atoms with Gasteiger partial charge in [0.05, 0.1) is 28.9 Å². The number of nitro benzene ring substituents is 1. The van der Waals surface area contributed by atoms with Crippen molar-refractivity contribution in [1.29, 1.82) is 0 Å². The Balaban J connectivity index is 1.41. The summed E-state index contributed by atoms with van der Waals surface area (Å²) in [6.07, 6.45) is 4.83. The molecule has 1 atom stereocenters. The fourth-order valence-electron chi connectivity index (χ4n) is 4.49. The molecule has 0 unspecified atom stereocenters. The van der Waals surface area contributed by atoms with Crippen LogP contribution in [0, 0.1) is 17.0 Å². The molecule has 1 aromatic carbocycles. The lowest BCUT2D eigenvalue weighted by atomic mass is 10.1. The summed E-state index contributed by atoms with van der Waals surface area (Å²) in [6.45, 7) is 5.39. The summed E-state index contributed by atoms with van der Waals surface area (Å²) >= 11 is 2.64. The molecule has 2 amide bonds. The summed E-state index contributed by atoms with van der Waals surface area (Å²) in [4.78, 5) is 50.4. The Labute approximate surface area is 245 Å². The van der Waals surface area contributed by atoms with E-state index in [1.54, 1.807) is 32.4 Å². The van der Waals surface area contributed by atoms with Crippen LogP contribution in [-0.2, 0) is 36.0 Å². The van der Waals surface area contributed by atoms with Gasteiger partial charge in [-0.05, 0) is 58.1 Å². The standard InChI is InChI=1S/C27H32N6O6S2/c1-5-39-26(36)22-18-9-7-6-8-10-20(18)41-25(22)29-23(34)16(3)40-27-31-30-21(32(27)4)14-28-24(35)17-12-11-15(2)19(13-17)33(37)38/h11-13,16H,5-10,14H2,1-4H3,(H,28,35)(H,29,34)/t16-/m1/s1. The first-order valence-electron chi connectivity index (χ1n) is 13.3. The molecular formula is C27H32N6O6S2. The molecule has 0 radical (unpaired) electrons. The Morgan fingerprint density at radius 3 is 2.71 bits per heavy atom. The van der Waals surface area contributed by atoms with Gasteiger partial charge >= 0.3 is 5.97 Å². The Morgan fingerprint density at radius 1 is 1.22 bits per heavy atom. The molecule has 14 heteroatoms. The van der Waals surface area contributed by atoms with E-state index in [1.807, 2.05) is 0 Å². The number of anilines is 1. The Hall–Kier alpha value is -3.78. The van der Waals surface area contributed by atoms with Gasteiger partial charge in [0.2, 0.25) is 5.91 Å². The molecule has 2 aromatic heterocycles. The third-order valence-electron chi connectivity index (χ3n) is 6.79. The van der Waals surface area contributed by atoms with E-state index in [2.05, 4.69) is 20.8 Å².